The largest absolute Gasteiger partial charge is 0.351 e. The Kier molecular flexibility index (Phi) is 3.51. The molecule has 118 valence electrons. The van der Waals surface area contributed by atoms with Crippen molar-refractivity contribution in [2.45, 2.75) is 0 Å². The maximum Gasteiger partial charge on any atom is 0.272 e. The molecule has 0 spiro atoms. The second-order valence-corrected chi connectivity index (χ2v) is 5.66. The first-order valence-electron chi connectivity index (χ1n) is 7.25. The average Bonchev–Trinajstić information content (AvgIpc) is 3.24. The van der Waals surface area contributed by atoms with Crippen LogP contribution in [-0.4, -0.2) is 25.7 Å². The van der Waals surface area contributed by atoms with Crippen LogP contribution in [0.3, 0.4) is 0 Å². The predicted molar refractivity (Wildman–Crippen MR) is 92.6 cm³/mol. The van der Waals surface area contributed by atoms with Gasteiger partial charge in [-0.05, 0) is 42.5 Å². The number of nitrogens with zero attached hydrogens (tertiary/aromatic N) is 3. The average molecular weight is 338 g/mol. The van der Waals surface area contributed by atoms with Crippen LogP contribution in [0.1, 0.15) is 10.5 Å². The molecular formula is C17H12ClN5O. The van der Waals surface area contributed by atoms with E-state index in [1.165, 1.54) is 0 Å². The number of carbonyl (C=O) groups is 1. The number of carbonyl (C=O) groups excluding carboxylic acids is 1. The van der Waals surface area contributed by atoms with E-state index in [0.717, 1.165) is 10.9 Å². The monoisotopic (exact) mass is 337 g/mol. The Morgan fingerprint density at radius 1 is 1.21 bits per heavy atom. The molecule has 0 aliphatic carbocycles. The van der Waals surface area contributed by atoms with Crippen molar-refractivity contribution in [1.29, 1.82) is 0 Å². The van der Waals surface area contributed by atoms with E-state index in [4.69, 9.17) is 11.6 Å². The highest BCUT2D eigenvalue weighted by Crippen LogP contribution is 2.20. The Bertz CT molecular complexity index is 1010. The van der Waals surface area contributed by atoms with Crippen LogP contribution in [0.15, 0.2) is 61.1 Å². The topological polar surface area (TPSA) is 75.6 Å². The van der Waals surface area contributed by atoms with Gasteiger partial charge < -0.3 is 10.3 Å². The molecule has 1 aromatic carbocycles. The Hall–Kier alpha value is -3.12. The summed E-state index contributed by atoms with van der Waals surface area (Å²) in [7, 11) is 0. The molecule has 0 unspecified atom stereocenters. The number of hydrogen-bond donors (Lipinski definition) is 2. The van der Waals surface area contributed by atoms with Gasteiger partial charge >= 0.3 is 0 Å². The first-order valence-corrected chi connectivity index (χ1v) is 7.62. The minimum atomic E-state index is -0.240. The van der Waals surface area contributed by atoms with Crippen LogP contribution >= 0.6 is 11.6 Å². The van der Waals surface area contributed by atoms with Crippen molar-refractivity contribution in [2.24, 2.45) is 0 Å². The molecule has 1 amide bonds. The summed E-state index contributed by atoms with van der Waals surface area (Å²) >= 11 is 5.96. The molecule has 4 aromatic rings. The van der Waals surface area contributed by atoms with Gasteiger partial charge in [-0.2, -0.15) is 5.10 Å². The maximum atomic E-state index is 12.4. The summed E-state index contributed by atoms with van der Waals surface area (Å²) in [5.41, 5.74) is 1.92. The Labute approximate surface area is 142 Å². The molecule has 0 atom stereocenters. The molecule has 0 aliphatic heterocycles. The lowest BCUT2D eigenvalue weighted by molar-refractivity contribution is 0.102. The molecule has 0 saturated carbocycles. The molecule has 3 aromatic heterocycles. The van der Waals surface area contributed by atoms with Crippen LogP contribution in [-0.2, 0) is 0 Å². The fraction of sp³-hybridized carbons (Fsp3) is 0. The van der Waals surface area contributed by atoms with Crippen LogP contribution in [0.25, 0.3) is 16.7 Å². The van der Waals surface area contributed by atoms with E-state index in [1.54, 1.807) is 47.5 Å². The van der Waals surface area contributed by atoms with Crippen LogP contribution in [0.2, 0.25) is 5.02 Å². The number of rotatable bonds is 3. The van der Waals surface area contributed by atoms with Gasteiger partial charge in [0.05, 0.1) is 11.9 Å². The lowest BCUT2D eigenvalue weighted by Crippen LogP contribution is -2.12. The Morgan fingerprint density at radius 3 is 2.88 bits per heavy atom. The lowest BCUT2D eigenvalue weighted by Gasteiger charge is -2.05. The smallest absolute Gasteiger partial charge is 0.272 e. The van der Waals surface area contributed by atoms with Crippen molar-refractivity contribution in [3.05, 3.63) is 71.8 Å². The maximum absolute atomic E-state index is 12.4. The van der Waals surface area contributed by atoms with Crippen molar-refractivity contribution >= 4 is 34.1 Å². The van der Waals surface area contributed by atoms with E-state index in [-0.39, 0.29) is 5.91 Å². The van der Waals surface area contributed by atoms with Crippen molar-refractivity contribution < 1.29 is 4.79 Å². The molecule has 0 saturated heterocycles. The molecule has 6 nitrogen and oxygen atoms in total. The number of H-pyrrole nitrogens is 1. The number of benzene rings is 1. The molecule has 3 heterocycles. The number of fused-ring (bicyclic) bond motifs is 1. The van der Waals surface area contributed by atoms with E-state index in [0.29, 0.717) is 22.2 Å². The predicted octanol–water partition coefficient (Wildman–Crippen LogP) is 3.65. The number of halogens is 1. The van der Waals surface area contributed by atoms with Gasteiger partial charge in [-0.15, -0.1) is 0 Å². The molecule has 24 heavy (non-hydrogen) atoms. The third kappa shape index (κ3) is 2.75. The van der Waals surface area contributed by atoms with Crippen molar-refractivity contribution in [3.63, 3.8) is 0 Å². The zero-order chi connectivity index (χ0) is 16.5. The standard InChI is InChI=1S/C17H12ClN5O/c18-12-2-4-14-11(8-12)9-15(22-14)17(24)21-13-3-5-16(19-10-13)23-7-1-6-20-23/h1-10,22H,(H,21,24). The lowest BCUT2D eigenvalue weighted by atomic mass is 10.2. The van der Waals surface area contributed by atoms with E-state index in [9.17, 15) is 4.79 Å². The molecule has 0 bridgehead atoms. The van der Waals surface area contributed by atoms with Crippen molar-refractivity contribution in [2.75, 3.05) is 5.32 Å². The zero-order valence-electron chi connectivity index (χ0n) is 12.4. The second-order valence-electron chi connectivity index (χ2n) is 5.22. The zero-order valence-corrected chi connectivity index (χ0v) is 13.2. The highest BCUT2D eigenvalue weighted by Gasteiger charge is 2.10. The molecule has 0 fully saturated rings. The van der Waals surface area contributed by atoms with Gasteiger partial charge in [0, 0.05) is 28.3 Å². The van der Waals surface area contributed by atoms with Gasteiger partial charge in [0.25, 0.3) is 5.91 Å². The van der Waals surface area contributed by atoms with E-state index in [1.807, 2.05) is 18.2 Å². The van der Waals surface area contributed by atoms with Gasteiger partial charge in [-0.25, -0.2) is 9.67 Å². The summed E-state index contributed by atoms with van der Waals surface area (Å²) in [4.78, 5) is 19.7. The van der Waals surface area contributed by atoms with Crippen LogP contribution < -0.4 is 5.32 Å². The summed E-state index contributed by atoms with van der Waals surface area (Å²) in [6, 6.07) is 12.6. The van der Waals surface area contributed by atoms with Crippen molar-refractivity contribution in [3.8, 4) is 5.82 Å². The van der Waals surface area contributed by atoms with Crippen LogP contribution in [0.5, 0.6) is 0 Å². The van der Waals surface area contributed by atoms with E-state index in [2.05, 4.69) is 20.4 Å². The van der Waals surface area contributed by atoms with Gasteiger partial charge in [0.1, 0.15) is 5.69 Å². The van der Waals surface area contributed by atoms with Gasteiger partial charge in [0.15, 0.2) is 5.82 Å². The first-order chi connectivity index (χ1) is 11.7. The summed E-state index contributed by atoms with van der Waals surface area (Å²) in [6.45, 7) is 0. The highest BCUT2D eigenvalue weighted by atomic mass is 35.5. The summed E-state index contributed by atoms with van der Waals surface area (Å²) in [6.07, 6.45) is 5.07. The number of hydrogen-bond acceptors (Lipinski definition) is 3. The Balaban J connectivity index is 1.54. The molecule has 0 radical (unpaired) electrons. The number of pyridine rings is 1. The van der Waals surface area contributed by atoms with E-state index < -0.39 is 0 Å². The fourth-order valence-electron chi connectivity index (χ4n) is 2.42. The molecule has 7 heteroatoms. The van der Waals surface area contributed by atoms with Crippen molar-refractivity contribution in [1.82, 2.24) is 19.7 Å². The summed E-state index contributed by atoms with van der Waals surface area (Å²) in [5, 5.41) is 8.44. The normalized spacial score (nSPS) is 10.9. The van der Waals surface area contributed by atoms with Crippen LogP contribution in [0, 0.1) is 0 Å². The number of amides is 1. The second kappa shape index (κ2) is 5.82. The molecule has 4 rings (SSSR count). The number of aromatic nitrogens is 4. The summed E-state index contributed by atoms with van der Waals surface area (Å²) in [5.74, 6) is 0.439. The third-order valence-electron chi connectivity index (χ3n) is 3.57. The number of aromatic amines is 1. The third-order valence-corrected chi connectivity index (χ3v) is 3.81. The molecule has 2 N–H and O–H groups in total. The quantitative estimate of drug-likeness (QED) is 0.599. The van der Waals surface area contributed by atoms with E-state index >= 15 is 0 Å². The summed E-state index contributed by atoms with van der Waals surface area (Å²) < 4.78 is 1.65. The highest BCUT2D eigenvalue weighted by molar-refractivity contribution is 6.31. The fourth-order valence-corrected chi connectivity index (χ4v) is 2.60. The van der Waals surface area contributed by atoms with Gasteiger partial charge in [-0.3, -0.25) is 4.79 Å². The number of anilines is 1. The first kappa shape index (κ1) is 14.5. The minimum absolute atomic E-state index is 0.240. The Morgan fingerprint density at radius 2 is 2.12 bits per heavy atom. The van der Waals surface area contributed by atoms with Crippen LogP contribution in [0.4, 0.5) is 5.69 Å². The molecule has 0 aliphatic rings. The number of nitrogens with one attached hydrogen (secondary N) is 2. The minimum Gasteiger partial charge on any atom is -0.351 e. The SMILES string of the molecule is O=C(Nc1ccc(-n2cccn2)nc1)c1cc2cc(Cl)ccc2[nH]1. The van der Waals surface area contributed by atoms with Gasteiger partial charge in [0.2, 0.25) is 0 Å². The van der Waals surface area contributed by atoms with Gasteiger partial charge in [-0.1, -0.05) is 11.6 Å². The molecular weight excluding hydrogens is 326 g/mol.